The molecule has 0 aliphatic rings. The van der Waals surface area contributed by atoms with Crippen LogP contribution in [0.15, 0.2) is 35.1 Å². The van der Waals surface area contributed by atoms with E-state index in [4.69, 9.17) is 0 Å². The van der Waals surface area contributed by atoms with Gasteiger partial charge in [0, 0.05) is 23.5 Å². The molecule has 0 radical (unpaired) electrons. The van der Waals surface area contributed by atoms with Crippen molar-refractivity contribution in [3.8, 4) is 5.69 Å². The number of rotatable bonds is 2. The maximum atomic E-state index is 11.4. The molecule has 2 aromatic rings. The summed E-state index contributed by atoms with van der Waals surface area (Å²) in [6, 6.07) is 8.26. The molecule has 4 heteroatoms. The van der Waals surface area contributed by atoms with E-state index < -0.39 is 5.97 Å². The minimum absolute atomic E-state index is 0.0739. The standard InChI is InChI=1S/C15H15NO3/c1-9-4-5-14(13(6-9)15(18)19)16-10(2)7-12(17)8-11(16)3/h4-8H,1-3H3,(H,18,19). The maximum Gasteiger partial charge on any atom is 0.337 e. The van der Waals surface area contributed by atoms with E-state index in [1.807, 2.05) is 13.0 Å². The van der Waals surface area contributed by atoms with Gasteiger partial charge in [0.2, 0.25) is 0 Å². The van der Waals surface area contributed by atoms with Crippen molar-refractivity contribution in [1.29, 1.82) is 0 Å². The Morgan fingerprint density at radius 3 is 2.16 bits per heavy atom. The molecule has 1 aromatic heterocycles. The highest BCUT2D eigenvalue weighted by Crippen LogP contribution is 2.19. The second-order valence-electron chi connectivity index (χ2n) is 4.63. The molecule has 1 aromatic carbocycles. The van der Waals surface area contributed by atoms with Crippen molar-refractivity contribution in [2.75, 3.05) is 0 Å². The Balaban J connectivity index is 2.79. The zero-order valence-electron chi connectivity index (χ0n) is 11.1. The van der Waals surface area contributed by atoms with Crippen LogP contribution in [0.2, 0.25) is 0 Å². The highest BCUT2D eigenvalue weighted by Gasteiger charge is 2.14. The number of carboxylic acid groups (broad SMARTS) is 1. The third-order valence-electron chi connectivity index (χ3n) is 3.03. The van der Waals surface area contributed by atoms with Crippen molar-refractivity contribution in [3.05, 3.63) is 63.1 Å². The molecule has 0 aliphatic heterocycles. The van der Waals surface area contributed by atoms with Gasteiger partial charge in [-0.2, -0.15) is 0 Å². The summed E-state index contributed by atoms with van der Waals surface area (Å²) in [5.41, 5.74) is 3.06. The van der Waals surface area contributed by atoms with E-state index in [9.17, 15) is 14.7 Å². The number of hydrogen-bond acceptors (Lipinski definition) is 2. The van der Waals surface area contributed by atoms with Crippen molar-refractivity contribution in [2.45, 2.75) is 20.8 Å². The van der Waals surface area contributed by atoms with Crippen LogP contribution >= 0.6 is 0 Å². The number of benzene rings is 1. The van der Waals surface area contributed by atoms with Gasteiger partial charge in [-0.15, -0.1) is 0 Å². The lowest BCUT2D eigenvalue weighted by atomic mass is 10.1. The van der Waals surface area contributed by atoms with Crippen molar-refractivity contribution in [3.63, 3.8) is 0 Å². The molecule has 19 heavy (non-hydrogen) atoms. The third-order valence-corrected chi connectivity index (χ3v) is 3.03. The first-order valence-corrected chi connectivity index (χ1v) is 5.95. The predicted octanol–water partition coefficient (Wildman–Crippen LogP) is 2.46. The summed E-state index contributed by atoms with van der Waals surface area (Å²) < 4.78 is 1.78. The summed E-state index contributed by atoms with van der Waals surface area (Å²) in [5.74, 6) is -0.976. The highest BCUT2D eigenvalue weighted by molar-refractivity contribution is 5.92. The normalized spacial score (nSPS) is 10.5. The molecule has 0 fully saturated rings. The first kappa shape index (κ1) is 13.1. The van der Waals surface area contributed by atoms with Crippen LogP contribution < -0.4 is 5.43 Å². The average Bonchev–Trinajstić information content (AvgIpc) is 2.29. The van der Waals surface area contributed by atoms with Crippen LogP contribution in [0.25, 0.3) is 5.69 Å². The summed E-state index contributed by atoms with van der Waals surface area (Å²) >= 11 is 0. The van der Waals surface area contributed by atoms with Gasteiger partial charge in [-0.25, -0.2) is 4.79 Å². The van der Waals surface area contributed by atoms with Crippen LogP contribution in [0, 0.1) is 20.8 Å². The van der Waals surface area contributed by atoms with E-state index in [0.29, 0.717) is 5.69 Å². The molecule has 0 bridgehead atoms. The number of nitrogens with zero attached hydrogens (tertiary/aromatic N) is 1. The zero-order chi connectivity index (χ0) is 14.2. The minimum Gasteiger partial charge on any atom is -0.478 e. The van der Waals surface area contributed by atoms with Gasteiger partial charge >= 0.3 is 5.97 Å². The molecular formula is C15H15NO3. The molecule has 0 spiro atoms. The van der Waals surface area contributed by atoms with Gasteiger partial charge in [-0.1, -0.05) is 11.6 Å². The Bertz CT molecular complexity index is 688. The molecule has 0 aliphatic carbocycles. The maximum absolute atomic E-state index is 11.4. The van der Waals surface area contributed by atoms with Gasteiger partial charge in [0.15, 0.2) is 5.43 Å². The van der Waals surface area contributed by atoms with Gasteiger partial charge in [0.25, 0.3) is 0 Å². The third kappa shape index (κ3) is 2.42. The molecule has 98 valence electrons. The Hall–Kier alpha value is -2.36. The molecule has 1 heterocycles. The van der Waals surface area contributed by atoms with Crippen molar-refractivity contribution in [2.24, 2.45) is 0 Å². The highest BCUT2D eigenvalue weighted by atomic mass is 16.4. The fraction of sp³-hybridized carbons (Fsp3) is 0.200. The SMILES string of the molecule is Cc1ccc(-n2c(C)cc(=O)cc2C)c(C(=O)O)c1. The smallest absolute Gasteiger partial charge is 0.337 e. The Kier molecular flexibility index (Phi) is 3.25. The van der Waals surface area contributed by atoms with Gasteiger partial charge < -0.3 is 9.67 Å². The fourth-order valence-corrected chi connectivity index (χ4v) is 2.26. The molecule has 0 saturated carbocycles. The quantitative estimate of drug-likeness (QED) is 0.899. The number of aryl methyl sites for hydroxylation is 3. The number of carbonyl (C=O) groups is 1. The summed E-state index contributed by atoms with van der Waals surface area (Å²) in [4.78, 5) is 22.8. The van der Waals surface area contributed by atoms with Crippen LogP contribution in [0.3, 0.4) is 0 Å². The van der Waals surface area contributed by atoms with E-state index in [0.717, 1.165) is 17.0 Å². The zero-order valence-corrected chi connectivity index (χ0v) is 11.1. The number of aromatic carboxylic acids is 1. The lowest BCUT2D eigenvalue weighted by Crippen LogP contribution is -2.14. The largest absolute Gasteiger partial charge is 0.478 e. The average molecular weight is 257 g/mol. The van der Waals surface area contributed by atoms with Crippen LogP contribution in [0.4, 0.5) is 0 Å². The Morgan fingerprint density at radius 2 is 1.63 bits per heavy atom. The van der Waals surface area contributed by atoms with Gasteiger partial charge in [0.05, 0.1) is 11.3 Å². The summed E-state index contributed by atoms with van der Waals surface area (Å²) in [5, 5.41) is 9.31. The molecule has 0 atom stereocenters. The molecular weight excluding hydrogens is 242 g/mol. The number of aromatic nitrogens is 1. The van der Waals surface area contributed by atoms with Gasteiger partial charge in [-0.3, -0.25) is 4.79 Å². The first-order valence-electron chi connectivity index (χ1n) is 5.95. The molecule has 4 nitrogen and oxygen atoms in total. The van der Waals surface area contributed by atoms with E-state index in [1.54, 1.807) is 30.5 Å². The predicted molar refractivity (Wildman–Crippen MR) is 73.2 cm³/mol. The Morgan fingerprint density at radius 1 is 1.05 bits per heavy atom. The lowest BCUT2D eigenvalue weighted by Gasteiger charge is -2.16. The number of hydrogen-bond donors (Lipinski definition) is 1. The number of pyridine rings is 1. The second-order valence-corrected chi connectivity index (χ2v) is 4.63. The van der Waals surface area contributed by atoms with Crippen molar-refractivity contribution < 1.29 is 9.90 Å². The second kappa shape index (κ2) is 4.72. The molecule has 2 rings (SSSR count). The number of carboxylic acids is 1. The monoisotopic (exact) mass is 257 g/mol. The molecule has 1 N–H and O–H groups in total. The van der Waals surface area contributed by atoms with Gasteiger partial charge in [-0.05, 0) is 32.9 Å². The Labute approximate surface area is 110 Å². The van der Waals surface area contributed by atoms with E-state index in [-0.39, 0.29) is 11.0 Å². The topological polar surface area (TPSA) is 59.3 Å². The van der Waals surface area contributed by atoms with Crippen LogP contribution in [-0.2, 0) is 0 Å². The van der Waals surface area contributed by atoms with E-state index in [1.165, 1.54) is 12.1 Å². The molecule has 0 saturated heterocycles. The van der Waals surface area contributed by atoms with Crippen LogP contribution in [0.5, 0.6) is 0 Å². The van der Waals surface area contributed by atoms with Crippen molar-refractivity contribution in [1.82, 2.24) is 4.57 Å². The van der Waals surface area contributed by atoms with Gasteiger partial charge in [0.1, 0.15) is 0 Å². The summed E-state index contributed by atoms with van der Waals surface area (Å²) in [6.07, 6.45) is 0. The van der Waals surface area contributed by atoms with Crippen LogP contribution in [0.1, 0.15) is 27.3 Å². The summed E-state index contributed by atoms with van der Waals surface area (Å²) in [6.45, 7) is 5.43. The molecule has 0 unspecified atom stereocenters. The minimum atomic E-state index is -0.976. The lowest BCUT2D eigenvalue weighted by molar-refractivity contribution is 0.0697. The van der Waals surface area contributed by atoms with E-state index in [2.05, 4.69) is 0 Å². The van der Waals surface area contributed by atoms with Crippen LogP contribution in [-0.4, -0.2) is 15.6 Å². The van der Waals surface area contributed by atoms with Crippen molar-refractivity contribution >= 4 is 5.97 Å². The fourth-order valence-electron chi connectivity index (χ4n) is 2.26. The first-order chi connectivity index (χ1) is 8.90. The summed E-state index contributed by atoms with van der Waals surface area (Å²) in [7, 11) is 0. The van der Waals surface area contributed by atoms with E-state index >= 15 is 0 Å². The molecule has 0 amide bonds.